The third-order valence-electron chi connectivity index (χ3n) is 4.17. The van der Waals surface area contributed by atoms with Gasteiger partial charge in [-0.2, -0.15) is 0 Å². The van der Waals surface area contributed by atoms with Gasteiger partial charge in [-0.15, -0.1) is 0 Å². The summed E-state index contributed by atoms with van der Waals surface area (Å²) in [6.45, 7) is 0. The molecule has 1 aromatic rings. The first-order chi connectivity index (χ1) is 7.92. The average molecular weight is 216 g/mol. The molecule has 1 heterocycles. The van der Waals surface area contributed by atoms with Crippen molar-refractivity contribution in [3.8, 4) is 0 Å². The topological polar surface area (TPSA) is 28.7 Å². The number of aromatic amines is 1. The largest absolute Gasteiger partial charge is 0.348 e. The molecule has 0 saturated heterocycles. The number of allylic oxidation sites excluding steroid dienone is 2. The molecule has 0 spiro atoms. The third-order valence-corrected chi connectivity index (χ3v) is 4.17. The molecular weight excluding hydrogens is 196 g/mol. The summed E-state index contributed by atoms with van der Waals surface area (Å²) in [6.07, 6.45) is 15.9. The van der Waals surface area contributed by atoms with Crippen LogP contribution in [-0.4, -0.2) is 9.97 Å². The minimum Gasteiger partial charge on any atom is -0.348 e. The highest BCUT2D eigenvalue weighted by atomic mass is 14.9. The van der Waals surface area contributed by atoms with Gasteiger partial charge in [-0.3, -0.25) is 0 Å². The summed E-state index contributed by atoms with van der Waals surface area (Å²) in [4.78, 5) is 7.31. The molecule has 1 aromatic heterocycles. The van der Waals surface area contributed by atoms with Crippen LogP contribution in [0.1, 0.15) is 44.2 Å². The Kier molecular flexibility index (Phi) is 2.81. The van der Waals surface area contributed by atoms with Crippen LogP contribution in [-0.2, 0) is 6.42 Å². The first kappa shape index (κ1) is 10.1. The Morgan fingerprint density at radius 2 is 2.25 bits per heavy atom. The summed E-state index contributed by atoms with van der Waals surface area (Å²) in [5, 5.41) is 0. The summed E-state index contributed by atoms with van der Waals surface area (Å²) in [5.41, 5.74) is 3.05. The Bertz CT molecular complexity index is 364. The number of fused-ring (bicyclic) bond motifs is 1. The van der Waals surface area contributed by atoms with Gasteiger partial charge < -0.3 is 4.98 Å². The molecule has 2 unspecified atom stereocenters. The van der Waals surface area contributed by atoms with Crippen molar-refractivity contribution in [1.82, 2.24) is 9.97 Å². The van der Waals surface area contributed by atoms with Gasteiger partial charge in [0.1, 0.15) is 0 Å². The fraction of sp³-hybridized carbons (Fsp3) is 0.643. The Morgan fingerprint density at radius 3 is 3.12 bits per heavy atom. The van der Waals surface area contributed by atoms with Crippen LogP contribution >= 0.6 is 0 Å². The lowest BCUT2D eigenvalue weighted by molar-refractivity contribution is 0.362. The SMILES string of the molecule is C1=C2CCCCC2CCC1Cc1cnc[nH]1. The predicted molar refractivity (Wildman–Crippen MR) is 65.1 cm³/mol. The van der Waals surface area contributed by atoms with Gasteiger partial charge in [-0.1, -0.05) is 18.1 Å². The average Bonchev–Trinajstić information content (AvgIpc) is 2.82. The van der Waals surface area contributed by atoms with Crippen molar-refractivity contribution in [2.24, 2.45) is 11.8 Å². The van der Waals surface area contributed by atoms with E-state index in [0.29, 0.717) is 0 Å². The second kappa shape index (κ2) is 4.44. The fourth-order valence-electron chi connectivity index (χ4n) is 3.30. The zero-order chi connectivity index (χ0) is 10.8. The van der Waals surface area contributed by atoms with Crippen LogP contribution in [0.25, 0.3) is 0 Å². The summed E-state index contributed by atoms with van der Waals surface area (Å²) in [6, 6.07) is 0. The highest BCUT2D eigenvalue weighted by molar-refractivity contribution is 5.15. The minimum atomic E-state index is 0.754. The number of nitrogens with zero attached hydrogens (tertiary/aromatic N) is 1. The molecule has 0 aliphatic heterocycles. The van der Waals surface area contributed by atoms with Crippen LogP contribution in [0.3, 0.4) is 0 Å². The van der Waals surface area contributed by atoms with E-state index in [4.69, 9.17) is 0 Å². The van der Waals surface area contributed by atoms with Gasteiger partial charge in [0.25, 0.3) is 0 Å². The highest BCUT2D eigenvalue weighted by Crippen LogP contribution is 2.38. The van der Waals surface area contributed by atoms with Gasteiger partial charge in [0.2, 0.25) is 0 Å². The standard InChI is InChI=1S/C14H20N2/c1-2-4-13-7-11(5-6-12(13)3-1)8-14-9-15-10-16-14/h7,9-12H,1-6,8H2,(H,15,16). The zero-order valence-corrected chi connectivity index (χ0v) is 9.78. The van der Waals surface area contributed by atoms with Gasteiger partial charge in [0.05, 0.1) is 6.33 Å². The van der Waals surface area contributed by atoms with Crippen LogP contribution in [0.4, 0.5) is 0 Å². The smallest absolute Gasteiger partial charge is 0.0921 e. The number of aromatic nitrogens is 2. The number of hydrogen-bond acceptors (Lipinski definition) is 1. The van der Waals surface area contributed by atoms with E-state index < -0.39 is 0 Å². The van der Waals surface area contributed by atoms with Gasteiger partial charge in [0, 0.05) is 11.9 Å². The summed E-state index contributed by atoms with van der Waals surface area (Å²) >= 11 is 0. The van der Waals surface area contributed by atoms with Crippen LogP contribution in [0.5, 0.6) is 0 Å². The predicted octanol–water partition coefficient (Wildman–Crippen LogP) is 3.48. The third kappa shape index (κ3) is 2.06. The van der Waals surface area contributed by atoms with E-state index in [1.165, 1.54) is 44.2 Å². The first-order valence-electron chi connectivity index (χ1n) is 6.59. The van der Waals surface area contributed by atoms with E-state index in [9.17, 15) is 0 Å². The van der Waals surface area contributed by atoms with Crippen molar-refractivity contribution in [2.45, 2.75) is 44.9 Å². The zero-order valence-electron chi connectivity index (χ0n) is 9.78. The highest BCUT2D eigenvalue weighted by Gasteiger charge is 2.25. The minimum absolute atomic E-state index is 0.754. The van der Waals surface area contributed by atoms with Crippen molar-refractivity contribution in [3.63, 3.8) is 0 Å². The Hall–Kier alpha value is -1.05. The monoisotopic (exact) mass is 216 g/mol. The Balaban J connectivity index is 1.69. The number of rotatable bonds is 2. The number of hydrogen-bond donors (Lipinski definition) is 1. The molecule has 1 fully saturated rings. The molecular formula is C14H20N2. The molecule has 2 heteroatoms. The summed E-state index contributed by atoms with van der Waals surface area (Å²) < 4.78 is 0. The van der Waals surface area contributed by atoms with Crippen LogP contribution in [0, 0.1) is 11.8 Å². The van der Waals surface area contributed by atoms with Crippen LogP contribution in [0.15, 0.2) is 24.2 Å². The number of nitrogens with one attached hydrogen (secondary N) is 1. The van der Waals surface area contributed by atoms with Crippen molar-refractivity contribution in [2.75, 3.05) is 0 Å². The summed E-state index contributed by atoms with van der Waals surface area (Å²) in [5.74, 6) is 1.69. The maximum Gasteiger partial charge on any atom is 0.0921 e. The van der Waals surface area contributed by atoms with E-state index in [1.54, 1.807) is 11.9 Å². The molecule has 1 saturated carbocycles. The van der Waals surface area contributed by atoms with Crippen molar-refractivity contribution < 1.29 is 0 Å². The van der Waals surface area contributed by atoms with Crippen molar-refractivity contribution in [1.29, 1.82) is 0 Å². The fourth-order valence-corrected chi connectivity index (χ4v) is 3.30. The molecule has 0 bridgehead atoms. The van der Waals surface area contributed by atoms with Crippen molar-refractivity contribution in [3.05, 3.63) is 29.9 Å². The molecule has 2 atom stereocenters. The van der Waals surface area contributed by atoms with Gasteiger partial charge >= 0.3 is 0 Å². The number of H-pyrrole nitrogens is 1. The van der Waals surface area contributed by atoms with Crippen LogP contribution in [0.2, 0.25) is 0 Å². The second-order valence-electron chi connectivity index (χ2n) is 5.30. The molecule has 0 aromatic carbocycles. The molecule has 86 valence electrons. The second-order valence-corrected chi connectivity index (χ2v) is 5.30. The molecule has 2 nitrogen and oxygen atoms in total. The Labute approximate surface area is 97.2 Å². The van der Waals surface area contributed by atoms with Gasteiger partial charge in [0.15, 0.2) is 0 Å². The summed E-state index contributed by atoms with van der Waals surface area (Å²) in [7, 11) is 0. The van der Waals surface area contributed by atoms with E-state index in [0.717, 1.165) is 18.3 Å². The van der Waals surface area contributed by atoms with Crippen LogP contribution < -0.4 is 0 Å². The maximum absolute atomic E-state index is 4.09. The van der Waals surface area contributed by atoms with Crippen molar-refractivity contribution >= 4 is 0 Å². The first-order valence-corrected chi connectivity index (χ1v) is 6.59. The lowest BCUT2D eigenvalue weighted by atomic mass is 9.74. The lowest BCUT2D eigenvalue weighted by Gasteiger charge is -2.32. The van der Waals surface area contributed by atoms with Gasteiger partial charge in [-0.05, 0) is 50.4 Å². The van der Waals surface area contributed by atoms with Gasteiger partial charge in [-0.25, -0.2) is 4.98 Å². The molecule has 3 rings (SSSR count). The normalized spacial score (nSPS) is 29.6. The molecule has 16 heavy (non-hydrogen) atoms. The number of imidazole rings is 1. The Morgan fingerprint density at radius 1 is 1.25 bits per heavy atom. The van der Waals surface area contributed by atoms with E-state index in [-0.39, 0.29) is 0 Å². The van der Waals surface area contributed by atoms with E-state index >= 15 is 0 Å². The van der Waals surface area contributed by atoms with E-state index in [1.807, 2.05) is 6.20 Å². The lowest BCUT2D eigenvalue weighted by Crippen LogP contribution is -2.18. The molecule has 2 aliphatic rings. The molecule has 1 N–H and O–H groups in total. The molecule has 0 radical (unpaired) electrons. The van der Waals surface area contributed by atoms with E-state index in [2.05, 4.69) is 16.0 Å². The molecule has 0 amide bonds. The maximum atomic E-state index is 4.09. The quantitative estimate of drug-likeness (QED) is 0.753. The molecule has 2 aliphatic carbocycles.